The number of hydrogen-bond donors (Lipinski definition) is 1. The number of aliphatic hydroxyl groups is 1. The first-order valence-electron chi connectivity index (χ1n) is 5.41. The van der Waals surface area contributed by atoms with Crippen molar-refractivity contribution in [2.75, 3.05) is 25.0 Å². The van der Waals surface area contributed by atoms with Crippen LogP contribution in [0.4, 0.5) is 0 Å². The second-order valence-electron chi connectivity index (χ2n) is 5.25. The second kappa shape index (κ2) is 4.50. The lowest BCUT2D eigenvalue weighted by molar-refractivity contribution is 0.0326. The zero-order valence-corrected chi connectivity index (χ0v) is 11.1. The van der Waals surface area contributed by atoms with Crippen molar-refractivity contribution >= 4 is 15.9 Å². The van der Waals surface area contributed by atoms with Gasteiger partial charge >= 0.3 is 0 Å². The van der Waals surface area contributed by atoms with Crippen LogP contribution in [-0.4, -0.2) is 40.6 Å². The highest BCUT2D eigenvalue weighted by Gasteiger charge is 2.42. The van der Waals surface area contributed by atoms with Crippen molar-refractivity contribution in [1.82, 2.24) is 4.90 Å². The van der Waals surface area contributed by atoms with Crippen LogP contribution in [0.3, 0.4) is 0 Å². The predicted octanol–water partition coefficient (Wildman–Crippen LogP) is 2.25. The van der Waals surface area contributed by atoms with Gasteiger partial charge in [-0.2, -0.15) is 0 Å². The summed E-state index contributed by atoms with van der Waals surface area (Å²) < 4.78 is 0. The molecule has 1 N–H and O–H groups in total. The molecule has 1 fully saturated rings. The zero-order chi connectivity index (χ0) is 10.8. The summed E-state index contributed by atoms with van der Waals surface area (Å²) in [5, 5.41) is 10.9. The van der Waals surface area contributed by atoms with E-state index in [4.69, 9.17) is 0 Å². The van der Waals surface area contributed by atoms with Crippen LogP contribution in [0.15, 0.2) is 0 Å². The molecular formula is C11H22BrNO. The molecule has 1 rings (SSSR count). The van der Waals surface area contributed by atoms with Crippen LogP contribution in [0.5, 0.6) is 0 Å². The molecule has 2 nitrogen and oxygen atoms in total. The molecular weight excluding hydrogens is 242 g/mol. The Morgan fingerprint density at radius 3 is 2.29 bits per heavy atom. The number of hydrogen-bond acceptors (Lipinski definition) is 2. The first-order valence-corrected chi connectivity index (χ1v) is 6.54. The van der Waals surface area contributed by atoms with Gasteiger partial charge in [-0.1, -0.05) is 22.9 Å². The Bertz CT molecular complexity index is 184. The summed E-state index contributed by atoms with van der Waals surface area (Å²) >= 11 is 3.58. The monoisotopic (exact) mass is 263 g/mol. The minimum absolute atomic E-state index is 0.515. The molecule has 0 atom stereocenters. The van der Waals surface area contributed by atoms with Crippen LogP contribution in [0.25, 0.3) is 0 Å². The lowest BCUT2D eigenvalue weighted by Crippen LogP contribution is -2.41. The molecule has 0 heterocycles. The zero-order valence-electron chi connectivity index (χ0n) is 9.52. The average molecular weight is 264 g/mol. The number of likely N-dealkylation sites (N-methyl/N-ethyl adjacent to an activating group) is 1. The van der Waals surface area contributed by atoms with Crippen LogP contribution < -0.4 is 0 Å². The molecule has 0 aromatic carbocycles. The normalized spacial score (nSPS) is 20.1. The minimum Gasteiger partial charge on any atom is -0.389 e. The smallest absolute Gasteiger partial charge is 0.0718 e. The van der Waals surface area contributed by atoms with Gasteiger partial charge in [0.15, 0.2) is 0 Å². The molecule has 0 spiro atoms. The van der Waals surface area contributed by atoms with Crippen molar-refractivity contribution in [1.29, 1.82) is 0 Å². The number of halogens is 1. The third kappa shape index (κ3) is 3.87. The Morgan fingerprint density at radius 2 is 2.00 bits per heavy atom. The lowest BCUT2D eigenvalue weighted by Gasteiger charge is -2.30. The number of alkyl halides is 1. The average Bonchev–Trinajstić information content (AvgIpc) is 2.82. The van der Waals surface area contributed by atoms with Crippen molar-refractivity contribution in [2.45, 2.75) is 39.2 Å². The van der Waals surface area contributed by atoms with E-state index >= 15 is 0 Å². The Hall–Kier alpha value is 0.400. The molecule has 0 aromatic heterocycles. The molecule has 1 aliphatic rings. The van der Waals surface area contributed by atoms with E-state index in [9.17, 15) is 5.11 Å². The summed E-state index contributed by atoms with van der Waals surface area (Å²) in [5.41, 5.74) is -0.0559. The van der Waals surface area contributed by atoms with Gasteiger partial charge in [-0.05, 0) is 38.6 Å². The van der Waals surface area contributed by atoms with Gasteiger partial charge in [0, 0.05) is 18.4 Å². The van der Waals surface area contributed by atoms with Crippen LogP contribution in [-0.2, 0) is 0 Å². The maximum atomic E-state index is 9.76. The molecule has 0 aliphatic heterocycles. The van der Waals surface area contributed by atoms with Crippen LogP contribution in [0.2, 0.25) is 0 Å². The summed E-state index contributed by atoms with van der Waals surface area (Å²) in [6, 6.07) is 0. The predicted molar refractivity (Wildman–Crippen MR) is 63.9 cm³/mol. The molecule has 14 heavy (non-hydrogen) atoms. The van der Waals surface area contributed by atoms with E-state index in [-0.39, 0.29) is 0 Å². The molecule has 0 aromatic rings. The minimum atomic E-state index is -0.571. The molecule has 3 heteroatoms. The van der Waals surface area contributed by atoms with E-state index in [0.717, 1.165) is 25.0 Å². The fraction of sp³-hybridized carbons (Fsp3) is 1.00. The van der Waals surface area contributed by atoms with Gasteiger partial charge in [-0.15, -0.1) is 0 Å². The highest BCUT2D eigenvalue weighted by molar-refractivity contribution is 9.09. The summed E-state index contributed by atoms with van der Waals surface area (Å²) in [6.45, 7) is 8.85. The lowest BCUT2D eigenvalue weighted by atomic mass is 10.1. The maximum Gasteiger partial charge on any atom is 0.0718 e. The third-order valence-electron chi connectivity index (χ3n) is 2.86. The van der Waals surface area contributed by atoms with E-state index < -0.39 is 5.60 Å². The van der Waals surface area contributed by atoms with Crippen LogP contribution in [0, 0.1) is 5.41 Å². The van der Waals surface area contributed by atoms with Gasteiger partial charge in [-0.3, -0.25) is 0 Å². The largest absolute Gasteiger partial charge is 0.389 e. The molecule has 0 amide bonds. The Labute approximate surface area is 95.8 Å². The van der Waals surface area contributed by atoms with E-state index in [1.165, 1.54) is 12.8 Å². The highest BCUT2D eigenvalue weighted by atomic mass is 79.9. The summed E-state index contributed by atoms with van der Waals surface area (Å²) in [4.78, 5) is 2.36. The van der Waals surface area contributed by atoms with Gasteiger partial charge in [0.25, 0.3) is 0 Å². The molecule has 0 bridgehead atoms. The van der Waals surface area contributed by atoms with Crippen molar-refractivity contribution in [2.24, 2.45) is 5.41 Å². The summed E-state index contributed by atoms with van der Waals surface area (Å²) in [5.74, 6) is 0. The molecule has 0 saturated heterocycles. The van der Waals surface area contributed by atoms with Crippen molar-refractivity contribution < 1.29 is 5.11 Å². The second-order valence-corrected chi connectivity index (χ2v) is 5.81. The van der Waals surface area contributed by atoms with Crippen LogP contribution in [0.1, 0.15) is 33.6 Å². The maximum absolute atomic E-state index is 9.76. The van der Waals surface area contributed by atoms with Gasteiger partial charge in [0.05, 0.1) is 5.60 Å². The fourth-order valence-corrected chi connectivity index (χ4v) is 2.55. The van der Waals surface area contributed by atoms with Crippen molar-refractivity contribution in [3.63, 3.8) is 0 Å². The summed E-state index contributed by atoms with van der Waals surface area (Å²) in [6.07, 6.45) is 2.67. The van der Waals surface area contributed by atoms with Gasteiger partial charge in [0.1, 0.15) is 0 Å². The van der Waals surface area contributed by atoms with E-state index in [2.05, 4.69) is 27.8 Å². The molecule has 0 radical (unpaired) electrons. The first kappa shape index (κ1) is 12.5. The van der Waals surface area contributed by atoms with Crippen molar-refractivity contribution in [3.05, 3.63) is 0 Å². The topological polar surface area (TPSA) is 23.5 Å². The van der Waals surface area contributed by atoms with E-state index in [0.29, 0.717) is 5.41 Å². The Morgan fingerprint density at radius 1 is 1.43 bits per heavy atom. The SMILES string of the molecule is CCN(CC(C)(C)O)CC1(CBr)CC1. The molecule has 1 saturated carbocycles. The highest BCUT2D eigenvalue weighted by Crippen LogP contribution is 2.47. The van der Waals surface area contributed by atoms with E-state index in [1.54, 1.807) is 0 Å². The Kier molecular flexibility index (Phi) is 4.01. The first-order chi connectivity index (χ1) is 6.41. The van der Waals surface area contributed by atoms with Gasteiger partial charge in [-0.25, -0.2) is 0 Å². The van der Waals surface area contributed by atoms with E-state index in [1.807, 2.05) is 13.8 Å². The quantitative estimate of drug-likeness (QED) is 0.744. The Balaban J connectivity index is 2.39. The number of rotatable bonds is 6. The standard InChI is InChI=1S/C11H22BrNO/c1-4-13(8-10(2,3)14)9-11(7-12)5-6-11/h14H,4-9H2,1-3H3. The van der Waals surface area contributed by atoms with Gasteiger partial charge < -0.3 is 10.0 Å². The van der Waals surface area contributed by atoms with Crippen LogP contribution >= 0.6 is 15.9 Å². The van der Waals surface area contributed by atoms with Crippen molar-refractivity contribution in [3.8, 4) is 0 Å². The fourth-order valence-electron chi connectivity index (χ4n) is 1.81. The molecule has 84 valence electrons. The molecule has 0 unspecified atom stereocenters. The molecule has 1 aliphatic carbocycles. The number of nitrogens with zero attached hydrogens (tertiary/aromatic N) is 1. The third-order valence-corrected chi connectivity index (χ3v) is 4.05. The van der Waals surface area contributed by atoms with Gasteiger partial charge in [0.2, 0.25) is 0 Å². The summed E-state index contributed by atoms with van der Waals surface area (Å²) in [7, 11) is 0.